The van der Waals surface area contributed by atoms with Crippen molar-refractivity contribution < 1.29 is 43.0 Å². The van der Waals surface area contributed by atoms with Crippen molar-refractivity contribution in [2.24, 2.45) is 11.3 Å². The number of nitrogens with one attached hydrogen (secondary N) is 3. The van der Waals surface area contributed by atoms with E-state index in [1.54, 1.807) is 56.8 Å². The zero-order chi connectivity index (χ0) is 64.2. The van der Waals surface area contributed by atoms with Crippen LogP contribution in [-0.4, -0.2) is 136 Å². The maximum Gasteiger partial charge on any atom is 0.342 e. The zero-order valence-electron chi connectivity index (χ0n) is 54.0. The summed E-state index contributed by atoms with van der Waals surface area (Å²) in [6.07, 6.45) is 12.3. The first-order valence-electron chi connectivity index (χ1n) is 31.0. The summed E-state index contributed by atoms with van der Waals surface area (Å²) in [4.78, 5) is 109. The van der Waals surface area contributed by atoms with E-state index in [0.29, 0.717) is 77.7 Å². The van der Waals surface area contributed by atoms with Crippen LogP contribution < -0.4 is 0 Å². The van der Waals surface area contributed by atoms with Crippen LogP contribution in [0, 0.1) is 18.3 Å². The number of aromatic nitrogens is 6. The van der Waals surface area contributed by atoms with E-state index in [9.17, 15) is 28.8 Å². The lowest BCUT2D eigenvalue weighted by molar-refractivity contribution is -0.174. The molecule has 9 heterocycles. The summed E-state index contributed by atoms with van der Waals surface area (Å²) < 4.78 is 16.6. The molecule has 3 saturated carbocycles. The van der Waals surface area contributed by atoms with E-state index in [1.807, 2.05) is 123 Å². The average Bonchev–Trinajstić information content (AvgIpc) is 2.10. The molecule has 0 atom stereocenters. The molecule has 3 aliphatic heterocycles. The molecule has 6 aliphatic rings. The van der Waals surface area contributed by atoms with E-state index < -0.39 is 28.7 Å². The predicted molar refractivity (Wildman–Crippen MR) is 344 cm³/mol. The molecule has 89 heavy (non-hydrogen) atoms. The first kappa shape index (κ1) is 63.2. The van der Waals surface area contributed by atoms with Gasteiger partial charge < -0.3 is 43.9 Å². The Morgan fingerprint density at radius 1 is 0.528 bits per heavy atom. The van der Waals surface area contributed by atoms with Crippen LogP contribution in [0.15, 0.2) is 97.9 Å². The molecule has 3 N–H and O–H groups in total. The van der Waals surface area contributed by atoms with E-state index >= 15 is 0 Å². The second kappa shape index (κ2) is 24.3. The first-order chi connectivity index (χ1) is 42.1. The number of fused-ring (bicyclic) bond motifs is 9. The Morgan fingerprint density at radius 3 is 1.25 bits per heavy atom. The number of rotatable bonds is 10. The zero-order valence-corrected chi connectivity index (χ0v) is 54.0. The molecule has 6 aromatic heterocycles. The summed E-state index contributed by atoms with van der Waals surface area (Å²) in [7, 11) is 0. The van der Waals surface area contributed by atoms with Gasteiger partial charge in [0, 0.05) is 108 Å². The molecule has 1 aromatic carbocycles. The van der Waals surface area contributed by atoms with Crippen molar-refractivity contribution in [2.45, 2.75) is 158 Å². The molecular formula is C70H84N10O9. The van der Waals surface area contributed by atoms with Crippen LogP contribution in [-0.2, 0) is 49.6 Å². The molecule has 3 fully saturated rings. The Labute approximate surface area is 520 Å². The smallest absolute Gasteiger partial charge is 0.342 e. The van der Waals surface area contributed by atoms with Crippen LogP contribution in [0.4, 0.5) is 4.79 Å². The summed E-state index contributed by atoms with van der Waals surface area (Å²) >= 11 is 0. The van der Waals surface area contributed by atoms with Gasteiger partial charge in [-0.15, -0.1) is 0 Å². The van der Waals surface area contributed by atoms with Crippen LogP contribution in [0.2, 0.25) is 0 Å². The standard InChI is InChI=1S/C25H27N3O3.C23H27N3O3.C22H30N4O3/c1-15(2)31-24(30)19-13-28(23(29)17-10-7-6-9-16(17)3)14-25(4,5)20-18-11-8-12-26-22(18)27-21(19)20;1-13(2)29-20(27)16-11-26(21(28)23-8-14(9-23)10-23)12-22(3,4)17-15-6-5-7-24-19(15)25-18(16)17;1-7-25(8-2)21(28)26-12-16(20(27)29-14(3)4)18-17(22(5,6)13-26)15-10-9-11-23-19(15)24-18/h6-13,15H,14H2,1-5H3,(H,26,27);5-7,11,13-14H,8-10,12H2,1-4H3,(H,24,25);9-12,14H,7-8,13H2,1-6H3,(H,23,24). The maximum atomic E-state index is 13.5. The second-order valence-electron chi connectivity index (χ2n) is 27.0. The highest BCUT2D eigenvalue weighted by molar-refractivity contribution is 6.20. The molecule has 0 spiro atoms. The van der Waals surface area contributed by atoms with Crippen LogP contribution >= 0.6 is 0 Å². The van der Waals surface area contributed by atoms with E-state index in [0.717, 1.165) is 74.9 Å². The van der Waals surface area contributed by atoms with Gasteiger partial charge in [-0.05, 0) is 152 Å². The monoisotopic (exact) mass is 1210 g/mol. The number of nitrogens with zero attached hydrogens (tertiary/aromatic N) is 7. The molecule has 468 valence electrons. The van der Waals surface area contributed by atoms with Crippen molar-refractivity contribution >= 4 is 85.6 Å². The Hall–Kier alpha value is -8.87. The molecule has 4 amide bonds. The van der Waals surface area contributed by atoms with Gasteiger partial charge in [0.2, 0.25) is 5.91 Å². The molecule has 0 radical (unpaired) electrons. The molecule has 19 heteroatoms. The molecule has 2 bridgehead atoms. The lowest BCUT2D eigenvalue weighted by atomic mass is 9.44. The third kappa shape index (κ3) is 12.1. The summed E-state index contributed by atoms with van der Waals surface area (Å²) in [6.45, 7) is 31.9. The van der Waals surface area contributed by atoms with E-state index in [1.165, 1.54) is 0 Å². The highest BCUT2D eigenvalue weighted by Crippen LogP contribution is 2.65. The molecule has 0 unspecified atom stereocenters. The predicted octanol–water partition coefficient (Wildman–Crippen LogP) is 12.3. The van der Waals surface area contributed by atoms with Crippen molar-refractivity contribution in [1.29, 1.82) is 0 Å². The third-order valence-corrected chi connectivity index (χ3v) is 17.5. The highest BCUT2D eigenvalue weighted by Gasteiger charge is 2.62. The summed E-state index contributed by atoms with van der Waals surface area (Å²) in [5.74, 6) is -0.619. The number of urea groups is 1. The van der Waals surface area contributed by atoms with Crippen LogP contribution in [0.1, 0.15) is 166 Å². The molecule has 3 aliphatic carbocycles. The largest absolute Gasteiger partial charge is 0.459 e. The normalized spacial score (nSPS) is 19.2. The van der Waals surface area contributed by atoms with E-state index in [4.69, 9.17) is 14.2 Å². The minimum atomic E-state index is -0.469. The van der Waals surface area contributed by atoms with Crippen molar-refractivity contribution in [1.82, 2.24) is 49.5 Å². The van der Waals surface area contributed by atoms with Gasteiger partial charge in [-0.3, -0.25) is 14.5 Å². The van der Waals surface area contributed by atoms with Gasteiger partial charge in [-0.2, -0.15) is 0 Å². The number of esters is 3. The number of amides is 4. The van der Waals surface area contributed by atoms with Crippen molar-refractivity contribution in [3.05, 3.63) is 143 Å². The van der Waals surface area contributed by atoms with Gasteiger partial charge in [-0.25, -0.2) is 34.1 Å². The molecule has 13 rings (SSSR count). The van der Waals surface area contributed by atoms with E-state index in [-0.39, 0.29) is 47.0 Å². The van der Waals surface area contributed by atoms with E-state index in [2.05, 4.69) is 71.4 Å². The quantitative estimate of drug-likeness (QED) is 0.0858. The van der Waals surface area contributed by atoms with Gasteiger partial charge in [0.25, 0.3) is 5.91 Å². The molecule has 19 nitrogen and oxygen atoms in total. The number of hydrogen-bond donors (Lipinski definition) is 3. The number of ether oxygens (including phenoxy) is 3. The van der Waals surface area contributed by atoms with Crippen LogP contribution in [0.5, 0.6) is 0 Å². The Kier molecular flexibility index (Phi) is 17.2. The van der Waals surface area contributed by atoms with Crippen LogP contribution in [0.25, 0.3) is 49.8 Å². The fraction of sp³-hybridized carbons (Fsp3) is 0.443. The van der Waals surface area contributed by atoms with Gasteiger partial charge in [0.05, 0.1) is 57.5 Å². The minimum Gasteiger partial charge on any atom is -0.459 e. The number of carbonyl (C=O) groups excluding carboxylic acids is 6. The van der Waals surface area contributed by atoms with Crippen molar-refractivity contribution in [3.63, 3.8) is 0 Å². The number of H-pyrrole nitrogens is 3. The number of carbonyl (C=O) groups is 6. The van der Waals surface area contributed by atoms with Gasteiger partial charge in [0.1, 0.15) is 16.9 Å². The SMILES string of the molecule is CC(C)OC(=O)C1=CN(C(=O)C23CC(C2)C3)CC(C)(C)c2c1[nH]c1ncccc21.CCN(CC)C(=O)N1C=C(C(=O)OC(C)C)c2[nH]c3ncccc3c2C(C)(C)C1.Cc1ccccc1C(=O)N1C=C(C(=O)OC(C)C)c2[nH]c3ncccc3c2C(C)(C)C1. The minimum absolute atomic E-state index is 0.120. The maximum absolute atomic E-state index is 13.5. The molecular weight excluding hydrogens is 1120 g/mol. The second-order valence-corrected chi connectivity index (χ2v) is 27.0. The topological polar surface area (TPSA) is 229 Å². The molecule has 0 saturated heterocycles. The number of aryl methyl sites for hydroxylation is 1. The summed E-state index contributed by atoms with van der Waals surface area (Å²) in [5.41, 5.74) is 8.34. The Morgan fingerprint density at radius 2 is 0.888 bits per heavy atom. The van der Waals surface area contributed by atoms with Crippen molar-refractivity contribution in [2.75, 3.05) is 32.7 Å². The summed E-state index contributed by atoms with van der Waals surface area (Å²) in [5, 5.41) is 2.87. The van der Waals surface area contributed by atoms with Crippen LogP contribution in [0.3, 0.4) is 0 Å². The Balaban J connectivity index is 0.000000147. The van der Waals surface area contributed by atoms with Crippen molar-refractivity contribution in [3.8, 4) is 0 Å². The van der Waals surface area contributed by atoms with Gasteiger partial charge in [-0.1, -0.05) is 59.7 Å². The third-order valence-electron chi connectivity index (χ3n) is 17.5. The number of pyridine rings is 3. The number of aromatic amines is 3. The molecule has 7 aromatic rings. The number of hydrogen-bond acceptors (Lipinski definition) is 12. The number of benzene rings is 1. The Bertz CT molecular complexity index is 4020. The fourth-order valence-corrected chi connectivity index (χ4v) is 13.5. The average molecular weight is 1210 g/mol. The highest BCUT2D eigenvalue weighted by atomic mass is 16.5. The lowest BCUT2D eigenvalue weighted by Crippen LogP contribution is -2.61. The lowest BCUT2D eigenvalue weighted by Gasteiger charge is -2.61. The first-order valence-corrected chi connectivity index (χ1v) is 31.0. The van der Waals surface area contributed by atoms with Gasteiger partial charge in [0.15, 0.2) is 0 Å². The van der Waals surface area contributed by atoms with Gasteiger partial charge >= 0.3 is 23.9 Å². The summed E-state index contributed by atoms with van der Waals surface area (Å²) in [6, 6.07) is 19.0. The fourth-order valence-electron chi connectivity index (χ4n) is 13.5.